The predicted molar refractivity (Wildman–Crippen MR) is 56.4 cm³/mol. The molecule has 0 saturated carbocycles. The lowest BCUT2D eigenvalue weighted by atomic mass is 9.97. The molecule has 0 N–H and O–H groups in total. The summed E-state index contributed by atoms with van der Waals surface area (Å²) < 4.78 is 5.28. The minimum Gasteiger partial charge on any atom is -0.496 e. The Bertz CT molecular complexity index is 278. The molecule has 1 aromatic carbocycles. The zero-order chi connectivity index (χ0) is 9.84. The SMILES string of the molecule is CCC(C)c1ccc(C)c(OC)c1. The first-order valence-corrected chi connectivity index (χ1v) is 4.83. The van der Waals surface area contributed by atoms with Gasteiger partial charge in [-0.15, -0.1) is 0 Å². The van der Waals surface area contributed by atoms with Crippen LogP contribution in [-0.2, 0) is 0 Å². The summed E-state index contributed by atoms with van der Waals surface area (Å²) in [7, 11) is 1.72. The minimum absolute atomic E-state index is 0.620. The van der Waals surface area contributed by atoms with Gasteiger partial charge in [-0.3, -0.25) is 0 Å². The highest BCUT2D eigenvalue weighted by molar-refractivity contribution is 5.37. The van der Waals surface area contributed by atoms with Crippen molar-refractivity contribution >= 4 is 0 Å². The van der Waals surface area contributed by atoms with Gasteiger partial charge in [-0.05, 0) is 36.5 Å². The molecule has 0 aromatic heterocycles. The van der Waals surface area contributed by atoms with E-state index in [0.717, 1.165) is 5.75 Å². The van der Waals surface area contributed by atoms with Crippen molar-refractivity contribution in [3.63, 3.8) is 0 Å². The second kappa shape index (κ2) is 4.31. The van der Waals surface area contributed by atoms with Crippen molar-refractivity contribution in [3.05, 3.63) is 29.3 Å². The topological polar surface area (TPSA) is 9.23 Å². The molecule has 1 heteroatoms. The highest BCUT2D eigenvalue weighted by Gasteiger charge is 2.05. The Morgan fingerprint density at radius 2 is 2.08 bits per heavy atom. The third kappa shape index (κ3) is 2.24. The maximum Gasteiger partial charge on any atom is 0.122 e. The molecule has 0 aliphatic carbocycles. The van der Waals surface area contributed by atoms with E-state index in [4.69, 9.17) is 4.74 Å². The van der Waals surface area contributed by atoms with Gasteiger partial charge in [-0.25, -0.2) is 0 Å². The van der Waals surface area contributed by atoms with Crippen molar-refractivity contribution in [2.45, 2.75) is 33.1 Å². The van der Waals surface area contributed by atoms with Gasteiger partial charge in [-0.1, -0.05) is 26.0 Å². The summed E-state index contributed by atoms with van der Waals surface area (Å²) in [6, 6.07) is 6.45. The third-order valence-electron chi connectivity index (χ3n) is 2.61. The molecule has 1 rings (SSSR count). The fourth-order valence-corrected chi connectivity index (χ4v) is 1.38. The average Bonchev–Trinajstić information content (AvgIpc) is 2.17. The summed E-state index contributed by atoms with van der Waals surface area (Å²) in [5, 5.41) is 0. The second-order valence-corrected chi connectivity index (χ2v) is 3.54. The first kappa shape index (κ1) is 10.1. The van der Waals surface area contributed by atoms with Gasteiger partial charge in [0.05, 0.1) is 7.11 Å². The van der Waals surface area contributed by atoms with Gasteiger partial charge in [0.25, 0.3) is 0 Å². The van der Waals surface area contributed by atoms with Crippen LogP contribution in [0.15, 0.2) is 18.2 Å². The molecular weight excluding hydrogens is 160 g/mol. The van der Waals surface area contributed by atoms with Crippen molar-refractivity contribution in [1.82, 2.24) is 0 Å². The number of ether oxygens (including phenoxy) is 1. The molecule has 0 heterocycles. The maximum atomic E-state index is 5.28. The number of benzene rings is 1. The molecule has 1 nitrogen and oxygen atoms in total. The van der Waals surface area contributed by atoms with Gasteiger partial charge in [0.1, 0.15) is 5.75 Å². The molecule has 0 fully saturated rings. The van der Waals surface area contributed by atoms with E-state index < -0.39 is 0 Å². The lowest BCUT2D eigenvalue weighted by Gasteiger charge is -2.12. The Morgan fingerprint density at radius 3 is 2.62 bits per heavy atom. The summed E-state index contributed by atoms with van der Waals surface area (Å²) in [4.78, 5) is 0. The Kier molecular flexibility index (Phi) is 3.35. The Balaban J connectivity index is 2.99. The van der Waals surface area contributed by atoms with Crippen molar-refractivity contribution in [1.29, 1.82) is 0 Å². The van der Waals surface area contributed by atoms with Crippen LogP contribution in [0.4, 0.5) is 0 Å². The zero-order valence-electron chi connectivity index (χ0n) is 8.92. The monoisotopic (exact) mass is 178 g/mol. The molecule has 0 radical (unpaired) electrons. The fourth-order valence-electron chi connectivity index (χ4n) is 1.38. The highest BCUT2D eigenvalue weighted by Crippen LogP contribution is 2.25. The van der Waals surface area contributed by atoms with Crippen LogP contribution in [0.3, 0.4) is 0 Å². The number of methoxy groups -OCH3 is 1. The second-order valence-electron chi connectivity index (χ2n) is 3.54. The lowest BCUT2D eigenvalue weighted by Crippen LogP contribution is -1.94. The molecule has 1 unspecified atom stereocenters. The quantitative estimate of drug-likeness (QED) is 0.688. The van der Waals surface area contributed by atoms with Crippen molar-refractivity contribution in [2.75, 3.05) is 7.11 Å². The van der Waals surface area contributed by atoms with Gasteiger partial charge in [0.15, 0.2) is 0 Å². The number of aryl methyl sites for hydroxylation is 1. The number of rotatable bonds is 3. The number of hydrogen-bond acceptors (Lipinski definition) is 1. The summed E-state index contributed by atoms with van der Waals surface area (Å²) in [5.74, 6) is 1.62. The Morgan fingerprint density at radius 1 is 1.38 bits per heavy atom. The molecule has 0 amide bonds. The van der Waals surface area contributed by atoms with E-state index in [9.17, 15) is 0 Å². The van der Waals surface area contributed by atoms with Crippen LogP contribution in [0.5, 0.6) is 5.75 Å². The van der Waals surface area contributed by atoms with E-state index in [0.29, 0.717) is 5.92 Å². The molecular formula is C12H18O. The molecule has 0 bridgehead atoms. The third-order valence-corrected chi connectivity index (χ3v) is 2.61. The van der Waals surface area contributed by atoms with E-state index in [1.54, 1.807) is 7.11 Å². The highest BCUT2D eigenvalue weighted by atomic mass is 16.5. The van der Waals surface area contributed by atoms with Gasteiger partial charge in [0.2, 0.25) is 0 Å². The predicted octanol–water partition coefficient (Wildman–Crippen LogP) is 3.52. The summed E-state index contributed by atoms with van der Waals surface area (Å²) in [6.45, 7) is 6.51. The van der Waals surface area contributed by atoms with Crippen LogP contribution in [-0.4, -0.2) is 7.11 Å². The first-order chi connectivity index (χ1) is 6.19. The van der Waals surface area contributed by atoms with E-state index >= 15 is 0 Å². The average molecular weight is 178 g/mol. The Hall–Kier alpha value is -0.980. The molecule has 0 spiro atoms. The van der Waals surface area contributed by atoms with Crippen molar-refractivity contribution in [2.24, 2.45) is 0 Å². The zero-order valence-corrected chi connectivity index (χ0v) is 8.92. The van der Waals surface area contributed by atoms with Gasteiger partial charge in [-0.2, -0.15) is 0 Å². The van der Waals surface area contributed by atoms with Crippen LogP contribution in [0.1, 0.15) is 37.3 Å². The molecule has 13 heavy (non-hydrogen) atoms. The van der Waals surface area contributed by atoms with Crippen molar-refractivity contribution < 1.29 is 4.74 Å². The Labute approximate surface area is 80.7 Å². The summed E-state index contributed by atoms with van der Waals surface area (Å²) in [5.41, 5.74) is 2.57. The summed E-state index contributed by atoms with van der Waals surface area (Å²) in [6.07, 6.45) is 1.17. The van der Waals surface area contributed by atoms with E-state index in [-0.39, 0.29) is 0 Å². The molecule has 1 aromatic rings. The van der Waals surface area contributed by atoms with E-state index in [2.05, 4.69) is 39.0 Å². The molecule has 0 aliphatic heterocycles. The molecule has 1 atom stereocenters. The number of hydrogen-bond donors (Lipinski definition) is 0. The lowest BCUT2D eigenvalue weighted by molar-refractivity contribution is 0.410. The van der Waals surface area contributed by atoms with Crippen molar-refractivity contribution in [3.8, 4) is 5.75 Å². The van der Waals surface area contributed by atoms with E-state index in [1.807, 2.05) is 0 Å². The first-order valence-electron chi connectivity index (χ1n) is 4.83. The van der Waals surface area contributed by atoms with Gasteiger partial charge < -0.3 is 4.74 Å². The van der Waals surface area contributed by atoms with Crippen LogP contribution in [0.25, 0.3) is 0 Å². The van der Waals surface area contributed by atoms with Gasteiger partial charge >= 0.3 is 0 Å². The minimum atomic E-state index is 0.620. The normalized spacial score (nSPS) is 12.6. The molecule has 72 valence electrons. The smallest absolute Gasteiger partial charge is 0.122 e. The van der Waals surface area contributed by atoms with Gasteiger partial charge in [0, 0.05) is 0 Å². The fraction of sp³-hybridized carbons (Fsp3) is 0.500. The standard InChI is InChI=1S/C12H18O/c1-5-9(2)11-7-6-10(3)12(8-11)13-4/h6-9H,5H2,1-4H3. The molecule has 0 aliphatic rings. The van der Waals surface area contributed by atoms with Crippen LogP contribution in [0.2, 0.25) is 0 Å². The van der Waals surface area contributed by atoms with E-state index in [1.165, 1.54) is 17.5 Å². The molecule has 0 saturated heterocycles. The maximum absolute atomic E-state index is 5.28. The summed E-state index contributed by atoms with van der Waals surface area (Å²) >= 11 is 0. The largest absolute Gasteiger partial charge is 0.496 e. The van der Waals surface area contributed by atoms with Crippen LogP contribution < -0.4 is 4.74 Å². The van der Waals surface area contributed by atoms with Crippen LogP contribution in [0, 0.1) is 6.92 Å². The van der Waals surface area contributed by atoms with Crippen LogP contribution >= 0.6 is 0 Å².